The van der Waals surface area contributed by atoms with Crippen molar-refractivity contribution in [2.24, 2.45) is 0 Å². The number of carbonyl (C=O) groups is 1. The first-order valence-electron chi connectivity index (χ1n) is 5.17. The summed E-state index contributed by atoms with van der Waals surface area (Å²) in [6.45, 7) is 1.84. The quantitative estimate of drug-likeness (QED) is 0.773. The summed E-state index contributed by atoms with van der Waals surface area (Å²) in [6.07, 6.45) is 1.51. The van der Waals surface area contributed by atoms with E-state index in [4.69, 9.17) is 5.11 Å². The molecule has 0 aliphatic carbocycles. The third-order valence-electron chi connectivity index (χ3n) is 2.85. The van der Waals surface area contributed by atoms with Crippen molar-refractivity contribution in [2.75, 3.05) is 11.5 Å². The number of rotatable bonds is 1. The average Bonchev–Trinajstić information content (AvgIpc) is 2.42. The van der Waals surface area contributed by atoms with E-state index in [9.17, 15) is 9.59 Å². The molecule has 0 spiro atoms. The fourth-order valence-electron chi connectivity index (χ4n) is 2.11. The normalized spacial score (nSPS) is 15.3. The second kappa shape index (κ2) is 4.33. The molecule has 1 aromatic rings. The first kappa shape index (κ1) is 11.3. The Balaban J connectivity index is 2.70. The van der Waals surface area contributed by atoms with Gasteiger partial charge in [0.15, 0.2) is 0 Å². The number of aryl methyl sites for hydroxylation is 1. The van der Waals surface area contributed by atoms with Crippen molar-refractivity contribution in [3.63, 3.8) is 0 Å². The highest BCUT2D eigenvalue weighted by atomic mass is 32.2. The number of hydrogen-bond acceptors (Lipinski definition) is 3. The van der Waals surface area contributed by atoms with E-state index in [0.717, 1.165) is 34.7 Å². The Morgan fingerprint density at radius 1 is 1.31 bits per heavy atom. The number of nitrogens with one attached hydrogen (secondary N) is 1. The van der Waals surface area contributed by atoms with E-state index in [1.54, 1.807) is 11.8 Å². The summed E-state index contributed by atoms with van der Waals surface area (Å²) in [5.74, 6) is 0.749. The third kappa shape index (κ3) is 1.87. The van der Waals surface area contributed by atoms with Gasteiger partial charge < -0.3 is 10.1 Å². The molecule has 86 valence electrons. The maximum Gasteiger partial charge on any atom is 0.341 e. The zero-order valence-electron chi connectivity index (χ0n) is 9.00. The lowest BCUT2D eigenvalue weighted by Crippen LogP contribution is -2.23. The number of aromatic amines is 1. The minimum absolute atomic E-state index is 0.0666. The molecule has 2 N–H and O–H groups in total. The largest absolute Gasteiger partial charge is 0.477 e. The molecule has 0 saturated heterocycles. The Kier molecular flexibility index (Phi) is 3.05. The predicted octanol–water partition coefficient (Wildman–Crippen LogP) is 1.21. The third-order valence-corrected chi connectivity index (χ3v) is 3.84. The molecule has 0 saturated carbocycles. The molecule has 0 aromatic carbocycles. The van der Waals surface area contributed by atoms with Crippen molar-refractivity contribution in [2.45, 2.75) is 19.8 Å². The Morgan fingerprint density at radius 3 is 2.56 bits per heavy atom. The number of carboxylic acid groups (broad SMARTS) is 1. The molecule has 5 heteroatoms. The Morgan fingerprint density at radius 2 is 1.94 bits per heavy atom. The number of pyridine rings is 1. The van der Waals surface area contributed by atoms with Gasteiger partial charge in [0.2, 0.25) is 0 Å². The first-order valence-corrected chi connectivity index (χ1v) is 6.32. The summed E-state index contributed by atoms with van der Waals surface area (Å²) in [5, 5.41) is 9.08. The fraction of sp³-hybridized carbons (Fsp3) is 0.455. The number of hydrogen-bond donors (Lipinski definition) is 2. The van der Waals surface area contributed by atoms with Gasteiger partial charge in [0.05, 0.1) is 0 Å². The molecule has 2 heterocycles. The number of carboxylic acids is 1. The van der Waals surface area contributed by atoms with Crippen LogP contribution in [0.1, 0.15) is 27.2 Å². The number of aromatic nitrogens is 1. The number of thioether (sulfide) groups is 1. The van der Waals surface area contributed by atoms with Crippen LogP contribution in [0, 0.1) is 6.92 Å². The molecule has 4 nitrogen and oxygen atoms in total. The molecule has 0 atom stereocenters. The SMILES string of the molecule is Cc1[nH]c(=O)c(C(=O)O)c2c1CCSCC2. The van der Waals surface area contributed by atoms with Crippen molar-refractivity contribution in [3.05, 3.63) is 32.7 Å². The molecular weight excluding hydrogens is 226 g/mol. The summed E-state index contributed by atoms with van der Waals surface area (Å²) in [5.41, 5.74) is 2.02. The van der Waals surface area contributed by atoms with E-state index in [1.807, 2.05) is 6.92 Å². The van der Waals surface area contributed by atoms with Gasteiger partial charge in [-0.15, -0.1) is 0 Å². The van der Waals surface area contributed by atoms with Crippen LogP contribution in [0.25, 0.3) is 0 Å². The van der Waals surface area contributed by atoms with Crippen LogP contribution in [0.3, 0.4) is 0 Å². The van der Waals surface area contributed by atoms with Gasteiger partial charge in [-0.25, -0.2) is 4.79 Å². The molecule has 16 heavy (non-hydrogen) atoms. The molecule has 0 unspecified atom stereocenters. The Bertz CT molecular complexity index is 493. The monoisotopic (exact) mass is 239 g/mol. The van der Waals surface area contributed by atoms with Crippen LogP contribution in [0.2, 0.25) is 0 Å². The van der Waals surface area contributed by atoms with Crippen molar-refractivity contribution < 1.29 is 9.90 Å². The van der Waals surface area contributed by atoms with Crippen LogP contribution in [0.4, 0.5) is 0 Å². The minimum atomic E-state index is -1.12. The van der Waals surface area contributed by atoms with Crippen molar-refractivity contribution in [1.29, 1.82) is 0 Å². The van der Waals surface area contributed by atoms with Gasteiger partial charge in [0.1, 0.15) is 5.56 Å². The van der Waals surface area contributed by atoms with E-state index in [2.05, 4.69) is 4.98 Å². The van der Waals surface area contributed by atoms with Crippen LogP contribution >= 0.6 is 11.8 Å². The lowest BCUT2D eigenvalue weighted by atomic mass is 9.97. The molecule has 1 aliphatic rings. The van der Waals surface area contributed by atoms with Gasteiger partial charge in [-0.05, 0) is 42.4 Å². The van der Waals surface area contributed by atoms with Gasteiger partial charge in [-0.1, -0.05) is 0 Å². The standard InChI is InChI=1S/C11H13NO3S/c1-6-7-2-4-16-5-3-8(7)9(11(14)15)10(13)12-6/h2-5H2,1H3,(H,12,13)(H,14,15). The van der Waals surface area contributed by atoms with E-state index in [1.165, 1.54) is 0 Å². The van der Waals surface area contributed by atoms with Crippen molar-refractivity contribution in [3.8, 4) is 0 Å². The highest BCUT2D eigenvalue weighted by molar-refractivity contribution is 7.99. The summed E-state index contributed by atoms with van der Waals surface area (Å²) in [6, 6.07) is 0. The second-order valence-corrected chi connectivity index (χ2v) is 5.05. The van der Waals surface area contributed by atoms with Crippen LogP contribution in [0.15, 0.2) is 4.79 Å². The van der Waals surface area contributed by atoms with Crippen LogP contribution in [0.5, 0.6) is 0 Å². The number of H-pyrrole nitrogens is 1. The molecule has 0 fully saturated rings. The first-order chi connectivity index (χ1) is 7.61. The van der Waals surface area contributed by atoms with E-state index in [-0.39, 0.29) is 5.56 Å². The van der Waals surface area contributed by atoms with Gasteiger partial charge in [0, 0.05) is 5.69 Å². The molecule has 2 rings (SSSR count). The predicted molar refractivity (Wildman–Crippen MR) is 63.5 cm³/mol. The molecule has 0 radical (unpaired) electrons. The van der Waals surface area contributed by atoms with Crippen LogP contribution in [-0.4, -0.2) is 27.6 Å². The second-order valence-electron chi connectivity index (χ2n) is 3.83. The lowest BCUT2D eigenvalue weighted by molar-refractivity contribution is 0.0693. The summed E-state index contributed by atoms with van der Waals surface area (Å²) in [7, 11) is 0. The van der Waals surface area contributed by atoms with Crippen LogP contribution < -0.4 is 5.56 Å². The number of fused-ring (bicyclic) bond motifs is 1. The Labute approximate surface area is 97.1 Å². The highest BCUT2D eigenvalue weighted by Gasteiger charge is 2.21. The van der Waals surface area contributed by atoms with E-state index >= 15 is 0 Å². The van der Waals surface area contributed by atoms with Gasteiger partial charge >= 0.3 is 5.97 Å². The maximum absolute atomic E-state index is 11.6. The lowest BCUT2D eigenvalue weighted by Gasteiger charge is -2.11. The minimum Gasteiger partial charge on any atom is -0.477 e. The molecule has 1 aliphatic heterocycles. The zero-order chi connectivity index (χ0) is 11.7. The van der Waals surface area contributed by atoms with Crippen molar-refractivity contribution >= 4 is 17.7 Å². The van der Waals surface area contributed by atoms with E-state index in [0.29, 0.717) is 6.42 Å². The Hall–Kier alpha value is -1.23. The number of aromatic carboxylic acids is 1. The molecule has 0 amide bonds. The average molecular weight is 239 g/mol. The fourth-order valence-corrected chi connectivity index (χ4v) is 3.01. The van der Waals surface area contributed by atoms with Gasteiger partial charge in [-0.3, -0.25) is 4.79 Å². The maximum atomic E-state index is 11.6. The summed E-state index contributed by atoms with van der Waals surface area (Å²) in [4.78, 5) is 25.3. The zero-order valence-corrected chi connectivity index (χ0v) is 9.82. The van der Waals surface area contributed by atoms with E-state index < -0.39 is 11.5 Å². The topological polar surface area (TPSA) is 70.2 Å². The molecule has 0 bridgehead atoms. The molecular formula is C11H13NO3S. The van der Waals surface area contributed by atoms with Crippen LogP contribution in [-0.2, 0) is 12.8 Å². The van der Waals surface area contributed by atoms with Gasteiger partial charge in [-0.2, -0.15) is 11.8 Å². The smallest absolute Gasteiger partial charge is 0.341 e. The van der Waals surface area contributed by atoms with Gasteiger partial charge in [0.25, 0.3) is 5.56 Å². The van der Waals surface area contributed by atoms with Crippen molar-refractivity contribution in [1.82, 2.24) is 4.98 Å². The molecule has 1 aromatic heterocycles. The highest BCUT2D eigenvalue weighted by Crippen LogP contribution is 2.23. The summed E-state index contributed by atoms with van der Waals surface area (Å²) >= 11 is 1.80. The summed E-state index contributed by atoms with van der Waals surface area (Å²) < 4.78 is 0.